The second kappa shape index (κ2) is 1.71. The first kappa shape index (κ1) is 6.05. The summed E-state index contributed by atoms with van der Waals surface area (Å²) in [5.41, 5.74) is 5.90. The number of rotatable bonds is 0. The summed E-state index contributed by atoms with van der Waals surface area (Å²) in [4.78, 5) is 0. The third kappa shape index (κ3) is 0.858. The van der Waals surface area contributed by atoms with E-state index in [0.29, 0.717) is 0 Å². The van der Waals surface area contributed by atoms with Crippen molar-refractivity contribution < 1.29 is 4.74 Å². The zero-order valence-corrected chi connectivity index (χ0v) is 5.48. The first-order valence-electron chi connectivity index (χ1n) is 2.96. The minimum atomic E-state index is 0.208. The van der Waals surface area contributed by atoms with Gasteiger partial charge in [0.2, 0.25) is 0 Å². The van der Waals surface area contributed by atoms with Crippen molar-refractivity contribution in [2.45, 2.75) is 19.9 Å². The Balaban J connectivity index is 2.54. The van der Waals surface area contributed by atoms with E-state index >= 15 is 0 Å². The highest BCUT2D eigenvalue weighted by Crippen LogP contribution is 2.24. The molecule has 0 amide bonds. The first-order chi connectivity index (χ1) is 3.63. The normalized spacial score (nSPS) is 35.6. The maximum absolute atomic E-state index is 5.69. The molecule has 0 radical (unpaired) electrons. The molecule has 1 rings (SSSR count). The fraction of sp³-hybridized carbons (Fsp3) is 1.00. The molecule has 2 N–H and O–H groups in total. The Labute approximate surface area is 50.0 Å². The lowest BCUT2D eigenvalue weighted by atomic mass is 9.89. The molecule has 0 bridgehead atoms. The predicted molar refractivity (Wildman–Crippen MR) is 32.6 cm³/mol. The van der Waals surface area contributed by atoms with E-state index in [9.17, 15) is 0 Å². The van der Waals surface area contributed by atoms with Crippen molar-refractivity contribution in [3.8, 4) is 0 Å². The van der Waals surface area contributed by atoms with Crippen molar-refractivity contribution in [2.75, 3.05) is 13.2 Å². The van der Waals surface area contributed by atoms with E-state index < -0.39 is 0 Å². The molecule has 1 atom stereocenters. The highest BCUT2D eigenvalue weighted by Gasteiger charge is 2.32. The Hall–Kier alpha value is -0.0800. The average molecular weight is 115 g/mol. The molecule has 0 aromatic heterocycles. The van der Waals surface area contributed by atoms with Crippen LogP contribution >= 0.6 is 0 Å². The molecular formula is C6H13NO. The largest absolute Gasteiger partial charge is 0.379 e. The molecular weight excluding hydrogens is 102 g/mol. The van der Waals surface area contributed by atoms with E-state index in [0.717, 1.165) is 13.2 Å². The molecule has 2 heteroatoms. The third-order valence-corrected chi connectivity index (χ3v) is 1.78. The van der Waals surface area contributed by atoms with E-state index in [1.165, 1.54) is 0 Å². The maximum atomic E-state index is 5.69. The van der Waals surface area contributed by atoms with E-state index in [1.807, 2.05) is 0 Å². The molecule has 0 saturated carbocycles. The minimum absolute atomic E-state index is 0.208. The summed E-state index contributed by atoms with van der Waals surface area (Å²) in [6.45, 7) is 5.80. The van der Waals surface area contributed by atoms with Gasteiger partial charge in [0, 0.05) is 11.5 Å². The fourth-order valence-corrected chi connectivity index (χ4v) is 0.782. The summed E-state index contributed by atoms with van der Waals surface area (Å²) in [6, 6.07) is 0.238. The zero-order valence-electron chi connectivity index (χ0n) is 5.48. The van der Waals surface area contributed by atoms with Crippen LogP contribution in [0.3, 0.4) is 0 Å². The van der Waals surface area contributed by atoms with Gasteiger partial charge in [-0.15, -0.1) is 0 Å². The molecule has 48 valence electrons. The molecule has 1 saturated heterocycles. The van der Waals surface area contributed by atoms with E-state index in [1.54, 1.807) is 0 Å². The Kier molecular flexibility index (Phi) is 1.29. The molecule has 1 aliphatic rings. The average Bonchev–Trinajstić information content (AvgIpc) is 1.86. The number of hydrogen-bond acceptors (Lipinski definition) is 2. The maximum Gasteiger partial charge on any atom is 0.0623 e. The molecule has 0 spiro atoms. The molecule has 2 nitrogen and oxygen atoms in total. The number of hydrogen-bond donors (Lipinski definition) is 1. The molecule has 0 aliphatic carbocycles. The number of ether oxygens (including phenoxy) is 1. The lowest BCUT2D eigenvalue weighted by Gasteiger charge is -2.19. The van der Waals surface area contributed by atoms with Crippen LogP contribution in [0, 0.1) is 5.41 Å². The minimum Gasteiger partial charge on any atom is -0.379 e. The van der Waals surface area contributed by atoms with Crippen LogP contribution in [0.15, 0.2) is 0 Å². The topological polar surface area (TPSA) is 35.2 Å². The van der Waals surface area contributed by atoms with Gasteiger partial charge in [-0.2, -0.15) is 0 Å². The van der Waals surface area contributed by atoms with Crippen LogP contribution in [0.2, 0.25) is 0 Å². The van der Waals surface area contributed by atoms with Crippen molar-refractivity contribution in [2.24, 2.45) is 11.1 Å². The van der Waals surface area contributed by atoms with Gasteiger partial charge in [0.1, 0.15) is 0 Å². The quantitative estimate of drug-likeness (QED) is 0.495. The van der Waals surface area contributed by atoms with Gasteiger partial charge in [-0.25, -0.2) is 0 Å². The van der Waals surface area contributed by atoms with Crippen LogP contribution in [-0.4, -0.2) is 19.3 Å². The van der Waals surface area contributed by atoms with Crippen LogP contribution in [0.25, 0.3) is 0 Å². The Morgan fingerprint density at radius 1 is 1.62 bits per heavy atom. The van der Waals surface area contributed by atoms with Gasteiger partial charge in [-0.05, 0) is 0 Å². The monoisotopic (exact) mass is 115 g/mol. The molecule has 1 aliphatic heterocycles. The lowest BCUT2D eigenvalue weighted by molar-refractivity contribution is 0.167. The van der Waals surface area contributed by atoms with Crippen molar-refractivity contribution in [3.63, 3.8) is 0 Å². The zero-order chi connectivity index (χ0) is 6.20. The molecule has 1 unspecified atom stereocenters. The Bertz CT molecular complexity index is 90.5. The smallest absolute Gasteiger partial charge is 0.0623 e. The molecule has 1 fully saturated rings. The number of nitrogens with two attached hydrogens (primary N) is 1. The van der Waals surface area contributed by atoms with E-state index in [-0.39, 0.29) is 11.5 Å². The Morgan fingerprint density at radius 2 is 2.25 bits per heavy atom. The summed E-state index contributed by atoms with van der Waals surface area (Å²) < 4.78 is 5.15. The molecule has 0 aromatic rings. The van der Waals surface area contributed by atoms with Crippen LogP contribution < -0.4 is 5.73 Å². The van der Waals surface area contributed by atoms with Gasteiger partial charge in [0.25, 0.3) is 0 Å². The third-order valence-electron chi connectivity index (χ3n) is 1.78. The van der Waals surface area contributed by atoms with Gasteiger partial charge >= 0.3 is 0 Å². The summed E-state index contributed by atoms with van der Waals surface area (Å²) in [7, 11) is 0. The summed E-state index contributed by atoms with van der Waals surface area (Å²) in [6.07, 6.45) is 0. The van der Waals surface area contributed by atoms with E-state index in [2.05, 4.69) is 13.8 Å². The molecule has 1 heterocycles. The van der Waals surface area contributed by atoms with Crippen molar-refractivity contribution in [1.82, 2.24) is 0 Å². The van der Waals surface area contributed by atoms with Gasteiger partial charge in [-0.1, -0.05) is 13.8 Å². The summed E-state index contributed by atoms with van der Waals surface area (Å²) in [5, 5.41) is 0. The van der Waals surface area contributed by atoms with Crippen LogP contribution in [0.1, 0.15) is 13.8 Å². The van der Waals surface area contributed by atoms with Gasteiger partial charge < -0.3 is 10.5 Å². The van der Waals surface area contributed by atoms with Crippen LogP contribution in [-0.2, 0) is 4.74 Å². The highest BCUT2D eigenvalue weighted by molar-refractivity contribution is 4.85. The lowest BCUT2D eigenvalue weighted by Crippen LogP contribution is -2.35. The van der Waals surface area contributed by atoms with Gasteiger partial charge in [-0.3, -0.25) is 0 Å². The van der Waals surface area contributed by atoms with Gasteiger partial charge in [0.15, 0.2) is 0 Å². The van der Waals surface area contributed by atoms with E-state index in [4.69, 9.17) is 10.5 Å². The fourth-order valence-electron chi connectivity index (χ4n) is 0.782. The van der Waals surface area contributed by atoms with Crippen molar-refractivity contribution >= 4 is 0 Å². The first-order valence-corrected chi connectivity index (χ1v) is 2.96. The second-order valence-electron chi connectivity index (χ2n) is 3.11. The van der Waals surface area contributed by atoms with Crippen LogP contribution in [0.5, 0.6) is 0 Å². The molecule has 0 aromatic carbocycles. The SMILES string of the molecule is CC1(C)COCC1N. The highest BCUT2D eigenvalue weighted by atomic mass is 16.5. The van der Waals surface area contributed by atoms with Crippen molar-refractivity contribution in [1.29, 1.82) is 0 Å². The van der Waals surface area contributed by atoms with Crippen molar-refractivity contribution in [3.05, 3.63) is 0 Å². The predicted octanol–water partition coefficient (Wildman–Crippen LogP) is 0.370. The van der Waals surface area contributed by atoms with Crippen LogP contribution in [0.4, 0.5) is 0 Å². The molecule has 8 heavy (non-hydrogen) atoms. The van der Waals surface area contributed by atoms with Gasteiger partial charge in [0.05, 0.1) is 13.2 Å². The summed E-state index contributed by atoms with van der Waals surface area (Å²) >= 11 is 0. The standard InChI is InChI=1S/C6H13NO/c1-6(2)4-8-3-5(6)7/h5H,3-4,7H2,1-2H3. The second-order valence-corrected chi connectivity index (χ2v) is 3.11. The Morgan fingerprint density at radius 3 is 2.38 bits per heavy atom. The summed E-state index contributed by atoms with van der Waals surface area (Å²) in [5.74, 6) is 0.